The highest BCUT2D eigenvalue weighted by Crippen LogP contribution is 2.01. The van der Waals surface area contributed by atoms with Crippen molar-refractivity contribution in [1.82, 2.24) is 0 Å². The number of carbonyl (C=O) groups is 1. The molecule has 0 heterocycles. The first-order valence-corrected chi connectivity index (χ1v) is 6.17. The lowest BCUT2D eigenvalue weighted by molar-refractivity contribution is -0.138. The monoisotopic (exact) mass is 224 g/mol. The number of esters is 1. The molecule has 0 bridgehead atoms. The van der Waals surface area contributed by atoms with Crippen molar-refractivity contribution in [3.63, 3.8) is 0 Å². The minimum Gasteiger partial charge on any atom is -0.462 e. The lowest BCUT2D eigenvalue weighted by Crippen LogP contribution is -2.06. The van der Waals surface area contributed by atoms with Crippen molar-refractivity contribution in [2.75, 3.05) is 6.61 Å². The minimum atomic E-state index is -0.207. The summed E-state index contributed by atoms with van der Waals surface area (Å²) in [6.45, 7) is 6.29. The van der Waals surface area contributed by atoms with Gasteiger partial charge in [0, 0.05) is 5.57 Å². The Labute approximate surface area is 99.4 Å². The Kier molecular flexibility index (Phi) is 9.78. The molecule has 0 aromatic rings. The molecular weight excluding hydrogens is 200 g/mol. The smallest absolute Gasteiger partial charge is 0.333 e. The van der Waals surface area contributed by atoms with Crippen LogP contribution in [0.15, 0.2) is 23.8 Å². The third-order valence-corrected chi connectivity index (χ3v) is 2.41. The van der Waals surface area contributed by atoms with Gasteiger partial charge in [0.05, 0.1) is 6.61 Å². The Morgan fingerprint density at radius 3 is 2.50 bits per heavy atom. The molecule has 0 saturated carbocycles. The molecule has 0 radical (unpaired) electrons. The van der Waals surface area contributed by atoms with E-state index in [1.165, 1.54) is 19.3 Å². The van der Waals surface area contributed by atoms with Crippen LogP contribution in [-0.2, 0) is 9.53 Å². The fraction of sp³-hybridized carbons (Fsp3) is 0.643. The minimum absolute atomic E-state index is 0.207. The molecule has 0 rings (SSSR count). The van der Waals surface area contributed by atoms with Crippen molar-refractivity contribution in [2.45, 2.75) is 52.9 Å². The average Bonchev–Trinajstić information content (AvgIpc) is 2.31. The van der Waals surface area contributed by atoms with Crippen LogP contribution in [0.25, 0.3) is 0 Å². The Morgan fingerprint density at radius 2 is 1.88 bits per heavy atom. The van der Waals surface area contributed by atoms with Crippen molar-refractivity contribution in [3.05, 3.63) is 23.8 Å². The van der Waals surface area contributed by atoms with E-state index in [0.29, 0.717) is 12.2 Å². The zero-order valence-corrected chi connectivity index (χ0v) is 10.8. The second kappa shape index (κ2) is 10.5. The molecule has 0 spiro atoms. The summed E-state index contributed by atoms with van der Waals surface area (Å²) in [5, 5.41) is 0. The lowest BCUT2D eigenvalue weighted by Gasteiger charge is -2.01. The van der Waals surface area contributed by atoms with Gasteiger partial charge in [-0.3, -0.25) is 0 Å². The van der Waals surface area contributed by atoms with Gasteiger partial charge in [-0.05, 0) is 33.1 Å². The molecule has 0 aromatic carbocycles. The van der Waals surface area contributed by atoms with Crippen LogP contribution in [0.2, 0.25) is 0 Å². The molecule has 0 saturated heterocycles. The highest BCUT2D eigenvalue weighted by molar-refractivity contribution is 5.87. The summed E-state index contributed by atoms with van der Waals surface area (Å²) in [5.74, 6) is -0.207. The number of unbranched alkanes of at least 4 members (excludes halogenated alkanes) is 3. The van der Waals surface area contributed by atoms with Crippen LogP contribution < -0.4 is 0 Å². The van der Waals surface area contributed by atoms with Crippen LogP contribution in [-0.4, -0.2) is 12.6 Å². The van der Waals surface area contributed by atoms with E-state index in [1.807, 2.05) is 6.92 Å². The first kappa shape index (κ1) is 14.9. The summed E-state index contributed by atoms with van der Waals surface area (Å²) in [6.07, 6.45) is 11.8. The summed E-state index contributed by atoms with van der Waals surface area (Å²) in [7, 11) is 0. The quantitative estimate of drug-likeness (QED) is 0.269. The summed E-state index contributed by atoms with van der Waals surface area (Å²) in [6, 6.07) is 0. The molecule has 16 heavy (non-hydrogen) atoms. The van der Waals surface area contributed by atoms with Gasteiger partial charge in [0.25, 0.3) is 0 Å². The Bertz CT molecular complexity index is 239. The molecule has 0 fully saturated rings. The van der Waals surface area contributed by atoms with E-state index in [2.05, 4.69) is 19.1 Å². The Hall–Kier alpha value is -1.05. The van der Waals surface area contributed by atoms with Gasteiger partial charge < -0.3 is 4.74 Å². The number of ether oxygens (including phenoxy) is 1. The van der Waals surface area contributed by atoms with E-state index in [4.69, 9.17) is 4.74 Å². The predicted octanol–water partition coefficient (Wildman–Crippen LogP) is 4.02. The second-order valence-corrected chi connectivity index (χ2v) is 3.86. The van der Waals surface area contributed by atoms with Gasteiger partial charge in [0.1, 0.15) is 0 Å². The fourth-order valence-electron chi connectivity index (χ4n) is 1.20. The molecule has 0 aliphatic carbocycles. The summed E-state index contributed by atoms with van der Waals surface area (Å²) in [4.78, 5) is 11.2. The van der Waals surface area contributed by atoms with E-state index in [1.54, 1.807) is 13.0 Å². The number of allylic oxidation sites excluding steroid dienone is 2. The molecule has 0 aromatic heterocycles. The van der Waals surface area contributed by atoms with Crippen molar-refractivity contribution >= 4 is 5.97 Å². The van der Waals surface area contributed by atoms with Gasteiger partial charge in [-0.1, -0.05) is 38.0 Å². The molecule has 92 valence electrons. The van der Waals surface area contributed by atoms with Crippen LogP contribution in [0.3, 0.4) is 0 Å². The van der Waals surface area contributed by atoms with Crippen molar-refractivity contribution in [3.8, 4) is 0 Å². The highest BCUT2D eigenvalue weighted by atomic mass is 16.5. The Balaban J connectivity index is 3.42. The van der Waals surface area contributed by atoms with E-state index in [-0.39, 0.29) is 5.97 Å². The van der Waals surface area contributed by atoms with Gasteiger partial charge in [-0.25, -0.2) is 4.79 Å². The molecular formula is C14H24O2. The molecule has 0 aliphatic heterocycles. The van der Waals surface area contributed by atoms with Crippen LogP contribution >= 0.6 is 0 Å². The van der Waals surface area contributed by atoms with Gasteiger partial charge in [-0.2, -0.15) is 0 Å². The first-order valence-electron chi connectivity index (χ1n) is 6.17. The normalized spacial score (nSPS) is 12.1. The predicted molar refractivity (Wildman–Crippen MR) is 68.3 cm³/mol. The van der Waals surface area contributed by atoms with Crippen molar-refractivity contribution in [2.24, 2.45) is 0 Å². The molecule has 0 aliphatic rings. The molecule has 2 heteroatoms. The average molecular weight is 224 g/mol. The lowest BCUT2D eigenvalue weighted by atomic mass is 10.2. The zero-order chi connectivity index (χ0) is 12.2. The number of rotatable bonds is 8. The van der Waals surface area contributed by atoms with E-state index >= 15 is 0 Å². The van der Waals surface area contributed by atoms with Crippen molar-refractivity contribution < 1.29 is 9.53 Å². The fourth-order valence-corrected chi connectivity index (χ4v) is 1.20. The van der Waals surface area contributed by atoms with E-state index < -0.39 is 0 Å². The maximum Gasteiger partial charge on any atom is 0.333 e. The van der Waals surface area contributed by atoms with Crippen molar-refractivity contribution in [1.29, 1.82) is 0 Å². The van der Waals surface area contributed by atoms with Crippen LogP contribution in [0.5, 0.6) is 0 Å². The third-order valence-electron chi connectivity index (χ3n) is 2.41. The third kappa shape index (κ3) is 8.27. The number of carbonyl (C=O) groups excluding carboxylic acids is 1. The zero-order valence-electron chi connectivity index (χ0n) is 10.8. The van der Waals surface area contributed by atoms with Gasteiger partial charge >= 0.3 is 5.97 Å². The first-order chi connectivity index (χ1) is 7.72. The number of hydrogen-bond donors (Lipinski definition) is 0. The van der Waals surface area contributed by atoms with Crippen LogP contribution in [0.4, 0.5) is 0 Å². The van der Waals surface area contributed by atoms with Gasteiger partial charge in [0.15, 0.2) is 0 Å². The van der Waals surface area contributed by atoms with Crippen LogP contribution in [0.1, 0.15) is 52.9 Å². The van der Waals surface area contributed by atoms with E-state index in [9.17, 15) is 4.79 Å². The summed E-state index contributed by atoms with van der Waals surface area (Å²) < 4.78 is 5.06. The summed E-state index contributed by atoms with van der Waals surface area (Å²) in [5.41, 5.74) is 0.673. The standard InChI is InChI=1S/C14H24O2/c1-4-6-7-8-9-10-11-12-16-14(15)13(3)5-2/h5,9-10H,4,6-8,11-12H2,1-3H3/b10-9-,13-5+. The highest BCUT2D eigenvalue weighted by Gasteiger charge is 2.02. The molecule has 2 nitrogen and oxygen atoms in total. The van der Waals surface area contributed by atoms with Crippen LogP contribution in [0, 0.1) is 0 Å². The topological polar surface area (TPSA) is 26.3 Å². The molecule has 0 N–H and O–H groups in total. The number of hydrogen-bond acceptors (Lipinski definition) is 2. The molecule has 0 amide bonds. The second-order valence-electron chi connectivity index (χ2n) is 3.86. The summed E-state index contributed by atoms with van der Waals surface area (Å²) >= 11 is 0. The maximum atomic E-state index is 11.2. The maximum absolute atomic E-state index is 11.2. The molecule has 0 unspecified atom stereocenters. The van der Waals surface area contributed by atoms with E-state index in [0.717, 1.165) is 12.8 Å². The SMILES string of the molecule is C/C=C(\C)C(=O)OCC/C=C\CCCCC. The van der Waals surface area contributed by atoms with Gasteiger partial charge in [-0.15, -0.1) is 0 Å². The Morgan fingerprint density at radius 1 is 1.19 bits per heavy atom. The van der Waals surface area contributed by atoms with Gasteiger partial charge in [0.2, 0.25) is 0 Å². The molecule has 0 atom stereocenters. The largest absolute Gasteiger partial charge is 0.462 e.